The summed E-state index contributed by atoms with van der Waals surface area (Å²) in [5, 5.41) is 2.55. The van der Waals surface area contributed by atoms with Crippen LogP contribution in [0.5, 0.6) is 0 Å². The van der Waals surface area contributed by atoms with Gasteiger partial charge in [0.05, 0.1) is 31.2 Å². The molecule has 0 spiro atoms. The molecule has 8 heteroatoms. The fourth-order valence-corrected chi connectivity index (χ4v) is 3.73. The first kappa shape index (κ1) is 22.8. The van der Waals surface area contributed by atoms with Crippen LogP contribution in [0.4, 0.5) is 5.69 Å². The second-order valence-electron chi connectivity index (χ2n) is 6.08. The lowest BCUT2D eigenvalue weighted by molar-refractivity contribution is -0.140. The van der Waals surface area contributed by atoms with Gasteiger partial charge in [0, 0.05) is 5.02 Å². The molecule has 6 nitrogen and oxygen atoms in total. The van der Waals surface area contributed by atoms with E-state index in [-0.39, 0.29) is 28.9 Å². The van der Waals surface area contributed by atoms with Gasteiger partial charge in [0.15, 0.2) is 0 Å². The molecular weight excluding hydrogens is 414 g/mol. The van der Waals surface area contributed by atoms with Gasteiger partial charge in [-0.15, -0.1) is 11.8 Å². The normalized spacial score (nSPS) is 11.4. The summed E-state index contributed by atoms with van der Waals surface area (Å²) in [6.07, 6.45) is 1.23. The molecule has 1 atom stereocenters. The SMILES string of the molecule is COC(=O)c1ccc(Cl)cc1NC(=O)CSC(CCc1ccccc1)C(=O)OC. The number of rotatable bonds is 9. The Labute approximate surface area is 178 Å². The van der Waals surface area contributed by atoms with Crippen LogP contribution < -0.4 is 5.32 Å². The first-order valence-electron chi connectivity index (χ1n) is 8.85. The van der Waals surface area contributed by atoms with E-state index in [0.29, 0.717) is 17.9 Å². The molecule has 0 heterocycles. The predicted molar refractivity (Wildman–Crippen MR) is 114 cm³/mol. The smallest absolute Gasteiger partial charge is 0.339 e. The number of benzene rings is 2. The molecule has 0 aromatic heterocycles. The van der Waals surface area contributed by atoms with Crippen molar-refractivity contribution in [3.05, 3.63) is 64.7 Å². The molecular formula is C21H22ClNO5S. The summed E-state index contributed by atoms with van der Waals surface area (Å²) in [7, 11) is 2.58. The Morgan fingerprint density at radius 1 is 1.07 bits per heavy atom. The second kappa shape index (κ2) is 11.5. The number of aryl methyl sites for hydroxylation is 1. The van der Waals surface area contributed by atoms with Crippen LogP contribution in [0.15, 0.2) is 48.5 Å². The second-order valence-corrected chi connectivity index (χ2v) is 7.70. The number of ether oxygens (including phenoxy) is 2. The quantitative estimate of drug-likeness (QED) is 0.600. The van der Waals surface area contributed by atoms with Crippen LogP contribution in [-0.2, 0) is 25.5 Å². The van der Waals surface area contributed by atoms with Gasteiger partial charge < -0.3 is 14.8 Å². The molecule has 154 valence electrons. The van der Waals surface area contributed by atoms with Crippen LogP contribution in [0.25, 0.3) is 0 Å². The molecule has 2 aromatic rings. The number of anilines is 1. The highest BCUT2D eigenvalue weighted by Crippen LogP contribution is 2.23. The molecule has 29 heavy (non-hydrogen) atoms. The zero-order valence-electron chi connectivity index (χ0n) is 16.1. The lowest BCUT2D eigenvalue weighted by Crippen LogP contribution is -2.24. The van der Waals surface area contributed by atoms with Crippen molar-refractivity contribution in [1.29, 1.82) is 0 Å². The molecule has 0 saturated carbocycles. The van der Waals surface area contributed by atoms with Crippen molar-refractivity contribution in [3.8, 4) is 0 Å². The monoisotopic (exact) mass is 435 g/mol. The van der Waals surface area contributed by atoms with Crippen LogP contribution in [0.3, 0.4) is 0 Å². The van der Waals surface area contributed by atoms with Gasteiger partial charge in [-0.1, -0.05) is 41.9 Å². The van der Waals surface area contributed by atoms with Crippen LogP contribution in [0.1, 0.15) is 22.3 Å². The van der Waals surface area contributed by atoms with Crippen LogP contribution in [0, 0.1) is 0 Å². The number of methoxy groups -OCH3 is 2. The van der Waals surface area contributed by atoms with E-state index in [0.717, 1.165) is 5.56 Å². The van der Waals surface area contributed by atoms with E-state index in [9.17, 15) is 14.4 Å². The van der Waals surface area contributed by atoms with Crippen LogP contribution in [-0.4, -0.2) is 43.1 Å². The predicted octanol–water partition coefficient (Wildman–Crippen LogP) is 3.97. The van der Waals surface area contributed by atoms with Gasteiger partial charge in [-0.25, -0.2) is 4.79 Å². The van der Waals surface area contributed by atoms with Crippen molar-refractivity contribution in [2.45, 2.75) is 18.1 Å². The Morgan fingerprint density at radius 2 is 1.79 bits per heavy atom. The van der Waals surface area contributed by atoms with E-state index < -0.39 is 11.2 Å². The Kier molecular flexibility index (Phi) is 9.02. The lowest BCUT2D eigenvalue weighted by Gasteiger charge is -2.15. The number of thioether (sulfide) groups is 1. The van der Waals surface area contributed by atoms with Crippen molar-refractivity contribution in [2.24, 2.45) is 0 Å². The van der Waals surface area contributed by atoms with Gasteiger partial charge in [-0.05, 0) is 36.6 Å². The third-order valence-electron chi connectivity index (χ3n) is 4.08. The van der Waals surface area contributed by atoms with E-state index in [1.54, 1.807) is 0 Å². The first-order chi connectivity index (χ1) is 13.9. The molecule has 0 aliphatic carbocycles. The molecule has 1 amide bonds. The van der Waals surface area contributed by atoms with Gasteiger partial charge >= 0.3 is 11.9 Å². The summed E-state index contributed by atoms with van der Waals surface area (Å²) in [6.45, 7) is 0. The molecule has 0 bridgehead atoms. The zero-order chi connectivity index (χ0) is 21.2. The van der Waals surface area contributed by atoms with Gasteiger partial charge in [0.2, 0.25) is 5.91 Å². The summed E-state index contributed by atoms with van der Waals surface area (Å²) in [4.78, 5) is 36.3. The molecule has 0 radical (unpaired) electrons. The molecule has 0 aliphatic heterocycles. The molecule has 0 aliphatic rings. The van der Waals surface area contributed by atoms with Crippen molar-refractivity contribution in [1.82, 2.24) is 0 Å². The molecule has 0 fully saturated rings. The summed E-state index contributed by atoms with van der Waals surface area (Å²) < 4.78 is 9.58. The maximum Gasteiger partial charge on any atom is 0.339 e. The Balaban J connectivity index is 1.98. The van der Waals surface area contributed by atoms with Crippen LogP contribution >= 0.6 is 23.4 Å². The van der Waals surface area contributed by atoms with Gasteiger partial charge in [0.25, 0.3) is 0 Å². The van der Waals surface area contributed by atoms with E-state index in [1.165, 1.54) is 44.2 Å². The Bertz CT molecular complexity index is 859. The lowest BCUT2D eigenvalue weighted by atomic mass is 10.1. The summed E-state index contributed by atoms with van der Waals surface area (Å²) in [5.41, 5.74) is 1.56. The highest BCUT2D eigenvalue weighted by atomic mass is 35.5. The molecule has 1 N–H and O–H groups in total. The third kappa shape index (κ3) is 7.11. The molecule has 2 aromatic carbocycles. The molecule has 0 saturated heterocycles. The van der Waals surface area contributed by atoms with Crippen LogP contribution in [0.2, 0.25) is 5.02 Å². The Morgan fingerprint density at radius 3 is 2.45 bits per heavy atom. The van der Waals surface area contributed by atoms with E-state index in [4.69, 9.17) is 21.1 Å². The van der Waals surface area contributed by atoms with E-state index >= 15 is 0 Å². The number of hydrogen-bond donors (Lipinski definition) is 1. The third-order valence-corrected chi connectivity index (χ3v) is 5.57. The average Bonchev–Trinajstić information content (AvgIpc) is 2.73. The minimum absolute atomic E-state index is 0.0156. The fourth-order valence-electron chi connectivity index (χ4n) is 2.61. The van der Waals surface area contributed by atoms with E-state index in [1.807, 2.05) is 30.3 Å². The number of hydrogen-bond acceptors (Lipinski definition) is 6. The number of nitrogens with one attached hydrogen (secondary N) is 1. The highest BCUT2D eigenvalue weighted by Gasteiger charge is 2.22. The number of halogens is 1. The van der Waals surface area contributed by atoms with Gasteiger partial charge in [0.1, 0.15) is 5.25 Å². The Hall–Kier alpha value is -2.51. The summed E-state index contributed by atoms with van der Waals surface area (Å²) in [6, 6.07) is 14.3. The fraction of sp³-hybridized carbons (Fsp3) is 0.286. The summed E-state index contributed by atoms with van der Waals surface area (Å²) in [5.74, 6) is -1.31. The largest absolute Gasteiger partial charge is 0.468 e. The topological polar surface area (TPSA) is 81.7 Å². The van der Waals surface area contributed by atoms with Gasteiger partial charge in [-0.3, -0.25) is 9.59 Å². The van der Waals surface area contributed by atoms with Gasteiger partial charge in [-0.2, -0.15) is 0 Å². The first-order valence-corrected chi connectivity index (χ1v) is 10.3. The minimum Gasteiger partial charge on any atom is -0.468 e. The summed E-state index contributed by atoms with van der Waals surface area (Å²) >= 11 is 7.15. The maximum absolute atomic E-state index is 12.4. The zero-order valence-corrected chi connectivity index (χ0v) is 17.7. The van der Waals surface area contributed by atoms with Crippen molar-refractivity contribution in [3.63, 3.8) is 0 Å². The minimum atomic E-state index is -0.583. The van der Waals surface area contributed by atoms with Crippen molar-refractivity contribution >= 4 is 46.9 Å². The molecule has 1 unspecified atom stereocenters. The van der Waals surface area contributed by atoms with Crippen molar-refractivity contribution < 1.29 is 23.9 Å². The number of esters is 2. The average molecular weight is 436 g/mol. The number of carbonyl (C=O) groups is 3. The standard InChI is InChI=1S/C21H22ClNO5S/c1-27-20(25)16-10-9-15(22)12-17(16)23-19(24)13-29-18(21(26)28-2)11-8-14-6-4-3-5-7-14/h3-7,9-10,12,18H,8,11,13H2,1-2H3,(H,23,24). The molecule has 2 rings (SSSR count). The van der Waals surface area contributed by atoms with Crippen molar-refractivity contribution in [2.75, 3.05) is 25.3 Å². The number of carbonyl (C=O) groups excluding carboxylic acids is 3. The maximum atomic E-state index is 12.4. The van der Waals surface area contributed by atoms with E-state index in [2.05, 4.69) is 5.32 Å². The number of amides is 1. The highest BCUT2D eigenvalue weighted by molar-refractivity contribution is 8.01.